The largest absolute Gasteiger partial charge is 0.508 e. The minimum absolute atomic E-state index is 0.357. The van der Waals surface area contributed by atoms with E-state index in [9.17, 15) is 5.11 Å². The fraction of sp³-hybridized carbons (Fsp3) is 0.571. The van der Waals surface area contributed by atoms with Gasteiger partial charge in [-0.2, -0.15) is 11.8 Å². The van der Waals surface area contributed by atoms with Crippen LogP contribution in [0, 0.1) is 0 Å². The van der Waals surface area contributed by atoms with Gasteiger partial charge in [0.15, 0.2) is 0 Å². The van der Waals surface area contributed by atoms with Gasteiger partial charge in [-0.3, -0.25) is 0 Å². The summed E-state index contributed by atoms with van der Waals surface area (Å²) in [7, 11) is 0. The summed E-state index contributed by atoms with van der Waals surface area (Å²) in [5, 5.41) is 13.8. The van der Waals surface area contributed by atoms with E-state index in [1.807, 2.05) is 12.1 Å². The first-order valence-electron chi connectivity index (χ1n) is 6.42. The predicted octanol–water partition coefficient (Wildman–Crippen LogP) is 3.16. The Morgan fingerprint density at radius 3 is 3.06 bits per heavy atom. The molecule has 0 aliphatic heterocycles. The van der Waals surface area contributed by atoms with E-state index in [2.05, 4.69) is 30.1 Å². The third-order valence-corrected chi connectivity index (χ3v) is 4.64. The van der Waals surface area contributed by atoms with Crippen molar-refractivity contribution < 1.29 is 5.11 Å². The quantitative estimate of drug-likeness (QED) is 0.843. The van der Waals surface area contributed by atoms with Gasteiger partial charge in [-0.15, -0.1) is 0 Å². The van der Waals surface area contributed by atoms with Crippen molar-refractivity contribution in [3.05, 3.63) is 29.8 Å². The van der Waals surface area contributed by atoms with E-state index in [1.54, 1.807) is 6.07 Å². The van der Waals surface area contributed by atoms with E-state index in [4.69, 9.17) is 0 Å². The minimum atomic E-state index is 0.357. The highest BCUT2D eigenvalue weighted by Crippen LogP contribution is 2.30. The summed E-state index contributed by atoms with van der Waals surface area (Å²) in [5.41, 5.74) is 1.16. The van der Waals surface area contributed by atoms with Crippen molar-refractivity contribution >= 4 is 11.8 Å². The number of aromatic hydroxyl groups is 1. The molecule has 17 heavy (non-hydrogen) atoms. The number of thioether (sulfide) groups is 1. The van der Waals surface area contributed by atoms with Gasteiger partial charge >= 0.3 is 0 Å². The van der Waals surface area contributed by atoms with Gasteiger partial charge in [0.25, 0.3) is 0 Å². The topological polar surface area (TPSA) is 32.3 Å². The molecule has 2 rings (SSSR count). The van der Waals surface area contributed by atoms with E-state index >= 15 is 0 Å². The molecule has 0 saturated heterocycles. The summed E-state index contributed by atoms with van der Waals surface area (Å²) < 4.78 is 0. The molecule has 1 aliphatic carbocycles. The molecular formula is C14H21NOS. The van der Waals surface area contributed by atoms with Crippen molar-refractivity contribution in [1.82, 2.24) is 5.32 Å². The lowest BCUT2D eigenvalue weighted by Crippen LogP contribution is -2.33. The Hall–Kier alpha value is -0.670. The third-order valence-electron chi connectivity index (χ3n) is 3.31. The average molecular weight is 251 g/mol. The van der Waals surface area contributed by atoms with Gasteiger partial charge in [0, 0.05) is 17.8 Å². The maximum absolute atomic E-state index is 9.41. The Morgan fingerprint density at radius 1 is 1.41 bits per heavy atom. The van der Waals surface area contributed by atoms with Crippen LogP contribution >= 0.6 is 11.8 Å². The lowest BCUT2D eigenvalue weighted by Gasteiger charge is -2.20. The Kier molecular flexibility index (Phi) is 4.75. The maximum atomic E-state index is 9.41. The highest BCUT2D eigenvalue weighted by molar-refractivity contribution is 7.99. The van der Waals surface area contributed by atoms with E-state index in [0.717, 1.165) is 17.4 Å². The predicted molar refractivity (Wildman–Crippen MR) is 74.5 cm³/mol. The van der Waals surface area contributed by atoms with Crippen molar-refractivity contribution in [2.24, 2.45) is 0 Å². The first-order valence-corrected chi connectivity index (χ1v) is 7.47. The summed E-state index contributed by atoms with van der Waals surface area (Å²) in [4.78, 5) is 0. The molecule has 1 aromatic carbocycles. The molecular weight excluding hydrogens is 230 g/mol. The minimum Gasteiger partial charge on any atom is -0.508 e. The summed E-state index contributed by atoms with van der Waals surface area (Å²) >= 11 is 2.07. The molecule has 2 unspecified atom stereocenters. The first-order chi connectivity index (χ1) is 8.29. The Labute approximate surface area is 108 Å². The maximum Gasteiger partial charge on any atom is 0.115 e. The van der Waals surface area contributed by atoms with Crippen LogP contribution in [0.2, 0.25) is 0 Å². The molecule has 2 N–H and O–H groups in total. The van der Waals surface area contributed by atoms with Crippen LogP contribution in [0.4, 0.5) is 0 Å². The van der Waals surface area contributed by atoms with Gasteiger partial charge in [0.05, 0.1) is 0 Å². The van der Waals surface area contributed by atoms with Gasteiger partial charge in [-0.25, -0.2) is 0 Å². The molecule has 0 bridgehead atoms. The summed E-state index contributed by atoms with van der Waals surface area (Å²) in [6.45, 7) is 3.09. The first kappa shape index (κ1) is 12.8. The van der Waals surface area contributed by atoms with Gasteiger partial charge in [-0.05, 0) is 36.3 Å². The number of benzene rings is 1. The highest BCUT2D eigenvalue weighted by atomic mass is 32.2. The number of hydrogen-bond donors (Lipinski definition) is 2. The molecule has 94 valence electrons. The average Bonchev–Trinajstić information content (AvgIpc) is 2.75. The van der Waals surface area contributed by atoms with Crippen molar-refractivity contribution in [2.75, 3.05) is 5.75 Å². The van der Waals surface area contributed by atoms with Crippen LogP contribution in [0.15, 0.2) is 24.3 Å². The standard InChI is InChI=1S/C14H21NOS/c1-2-17-14-8-4-7-13(14)15-10-11-5-3-6-12(16)9-11/h3,5-6,9,13-16H,2,4,7-8,10H2,1H3. The third kappa shape index (κ3) is 3.65. The highest BCUT2D eigenvalue weighted by Gasteiger charge is 2.26. The zero-order valence-corrected chi connectivity index (χ0v) is 11.2. The summed E-state index contributed by atoms with van der Waals surface area (Å²) in [6.07, 6.45) is 3.97. The number of nitrogens with one attached hydrogen (secondary N) is 1. The Balaban J connectivity index is 1.85. The molecule has 1 aliphatic rings. The SMILES string of the molecule is CCSC1CCCC1NCc1cccc(O)c1. The number of hydrogen-bond acceptors (Lipinski definition) is 3. The number of phenolic OH excluding ortho intramolecular Hbond substituents is 1. The van der Waals surface area contributed by atoms with E-state index in [0.29, 0.717) is 11.8 Å². The normalized spacial score (nSPS) is 24.1. The van der Waals surface area contributed by atoms with Gasteiger partial charge in [0.1, 0.15) is 5.75 Å². The molecule has 0 spiro atoms. The van der Waals surface area contributed by atoms with Gasteiger partial charge in [-0.1, -0.05) is 25.5 Å². The van der Waals surface area contributed by atoms with E-state index < -0.39 is 0 Å². The molecule has 0 amide bonds. The molecule has 2 atom stereocenters. The fourth-order valence-electron chi connectivity index (χ4n) is 2.49. The second kappa shape index (κ2) is 6.31. The fourth-order valence-corrected chi connectivity index (χ4v) is 3.71. The van der Waals surface area contributed by atoms with Crippen LogP contribution in [-0.4, -0.2) is 22.2 Å². The molecule has 0 radical (unpaired) electrons. The molecule has 1 aromatic rings. The van der Waals surface area contributed by atoms with Crippen molar-refractivity contribution in [3.63, 3.8) is 0 Å². The van der Waals surface area contributed by atoms with Crippen LogP contribution in [-0.2, 0) is 6.54 Å². The lowest BCUT2D eigenvalue weighted by atomic mass is 10.2. The second-order valence-corrected chi connectivity index (χ2v) is 6.10. The molecule has 1 fully saturated rings. The Bertz CT molecular complexity index is 356. The molecule has 2 nitrogen and oxygen atoms in total. The molecule has 3 heteroatoms. The van der Waals surface area contributed by atoms with Gasteiger partial charge in [0.2, 0.25) is 0 Å². The molecule has 0 aromatic heterocycles. The van der Waals surface area contributed by atoms with Crippen LogP contribution in [0.25, 0.3) is 0 Å². The zero-order valence-electron chi connectivity index (χ0n) is 10.4. The smallest absolute Gasteiger partial charge is 0.115 e. The van der Waals surface area contributed by atoms with Crippen LogP contribution in [0.3, 0.4) is 0 Å². The van der Waals surface area contributed by atoms with Crippen LogP contribution in [0.5, 0.6) is 5.75 Å². The monoisotopic (exact) mass is 251 g/mol. The summed E-state index contributed by atoms with van der Waals surface area (Å²) in [5.74, 6) is 1.56. The van der Waals surface area contributed by atoms with Crippen molar-refractivity contribution in [2.45, 2.75) is 44.0 Å². The zero-order chi connectivity index (χ0) is 12.1. The second-order valence-electron chi connectivity index (χ2n) is 4.58. The molecule has 1 saturated carbocycles. The van der Waals surface area contributed by atoms with Crippen molar-refractivity contribution in [3.8, 4) is 5.75 Å². The molecule has 0 heterocycles. The Morgan fingerprint density at radius 2 is 2.29 bits per heavy atom. The van der Waals surface area contributed by atoms with Crippen LogP contribution in [0.1, 0.15) is 31.7 Å². The lowest BCUT2D eigenvalue weighted by molar-refractivity contribution is 0.472. The summed E-state index contributed by atoms with van der Waals surface area (Å²) in [6, 6.07) is 8.16. The van der Waals surface area contributed by atoms with Gasteiger partial charge < -0.3 is 10.4 Å². The van der Waals surface area contributed by atoms with E-state index in [1.165, 1.54) is 25.0 Å². The van der Waals surface area contributed by atoms with E-state index in [-0.39, 0.29) is 0 Å². The number of phenols is 1. The van der Waals surface area contributed by atoms with Crippen LogP contribution < -0.4 is 5.32 Å². The number of rotatable bonds is 5. The van der Waals surface area contributed by atoms with Crippen molar-refractivity contribution in [1.29, 1.82) is 0 Å².